The molecule has 0 radical (unpaired) electrons. The van der Waals surface area contributed by atoms with E-state index in [2.05, 4.69) is 25.8 Å². The molecule has 2 aromatic rings. The van der Waals surface area contributed by atoms with Crippen LogP contribution in [-0.4, -0.2) is 59.4 Å². The van der Waals surface area contributed by atoms with Crippen molar-refractivity contribution in [1.82, 2.24) is 9.88 Å². The summed E-state index contributed by atoms with van der Waals surface area (Å²) in [5.74, 6) is -2.04. The fourth-order valence-corrected chi connectivity index (χ4v) is 8.34. The second-order valence-corrected chi connectivity index (χ2v) is 15.7. The number of rotatable bonds is 8. The van der Waals surface area contributed by atoms with Gasteiger partial charge in [0.25, 0.3) is 11.6 Å². The van der Waals surface area contributed by atoms with Gasteiger partial charge in [0, 0.05) is 31.4 Å². The van der Waals surface area contributed by atoms with Gasteiger partial charge in [-0.05, 0) is 48.0 Å². The average molecular weight is 651 g/mol. The number of hydrogen-bond acceptors (Lipinski definition) is 10. The minimum atomic E-state index is -4.01. The van der Waals surface area contributed by atoms with Crippen LogP contribution in [0.5, 0.6) is 0 Å². The number of sulfone groups is 1. The van der Waals surface area contributed by atoms with Crippen molar-refractivity contribution in [3.63, 3.8) is 0 Å². The van der Waals surface area contributed by atoms with Crippen LogP contribution in [0.15, 0.2) is 93.4 Å². The number of nitro groups is 1. The molecule has 1 aliphatic heterocycles. The molecular formula is C32H34N4O7S2. The maximum absolute atomic E-state index is 14.0. The summed E-state index contributed by atoms with van der Waals surface area (Å²) >= 11 is 0.741. The maximum atomic E-state index is 14.0. The number of nitrogens with zero attached hydrogens (tertiary/aromatic N) is 4. The molecule has 45 heavy (non-hydrogen) atoms. The molecule has 0 fully saturated rings. The Bertz CT molecular complexity index is 1840. The van der Waals surface area contributed by atoms with E-state index in [0.29, 0.717) is 24.0 Å². The van der Waals surface area contributed by atoms with Crippen molar-refractivity contribution in [2.75, 3.05) is 19.0 Å². The lowest BCUT2D eigenvalue weighted by Gasteiger charge is -2.27. The number of aromatic nitrogens is 1. The number of thiazole rings is 1. The first-order valence-electron chi connectivity index (χ1n) is 14.3. The number of Topliss-reactive ketones (excluding diaryl/α,β-unsaturated/α-hetero) is 1. The number of carbonyl (C=O) groups excluding carboxylic acids is 2. The summed E-state index contributed by atoms with van der Waals surface area (Å²) in [4.78, 5) is 45.5. The Morgan fingerprint density at radius 3 is 2.38 bits per heavy atom. The summed E-state index contributed by atoms with van der Waals surface area (Å²) in [5.41, 5.74) is 2.62. The van der Waals surface area contributed by atoms with Gasteiger partial charge in [0.15, 0.2) is 26.5 Å². The zero-order valence-electron chi connectivity index (χ0n) is 25.6. The molecule has 5 rings (SSSR count). The van der Waals surface area contributed by atoms with Crippen LogP contribution < -0.4 is 4.90 Å². The maximum Gasteiger partial charge on any atom is 0.296 e. The van der Waals surface area contributed by atoms with Crippen LogP contribution in [0, 0.1) is 10.1 Å². The second kappa shape index (κ2) is 11.9. The molecule has 236 valence electrons. The van der Waals surface area contributed by atoms with E-state index in [1.165, 1.54) is 17.1 Å². The minimum Gasteiger partial charge on any atom is -0.503 e. The van der Waals surface area contributed by atoms with Crippen LogP contribution >= 0.6 is 11.3 Å². The van der Waals surface area contributed by atoms with Gasteiger partial charge in [0.2, 0.25) is 0 Å². The van der Waals surface area contributed by atoms with E-state index in [0.717, 1.165) is 34.9 Å². The number of benzene rings is 1. The fraction of sp³-hybridized carbons (Fsp3) is 0.344. The van der Waals surface area contributed by atoms with Gasteiger partial charge in [0.05, 0.1) is 28.0 Å². The molecule has 0 bridgehead atoms. The summed E-state index contributed by atoms with van der Waals surface area (Å²) in [7, 11) is -0.181. The molecule has 1 aromatic heterocycles. The van der Waals surface area contributed by atoms with Crippen LogP contribution in [0.25, 0.3) is 0 Å². The number of anilines is 1. The Kier molecular flexibility index (Phi) is 8.45. The Morgan fingerprint density at radius 2 is 1.84 bits per heavy atom. The van der Waals surface area contributed by atoms with E-state index in [9.17, 15) is 33.2 Å². The van der Waals surface area contributed by atoms with Gasteiger partial charge in [-0.1, -0.05) is 68.5 Å². The molecule has 11 nitrogen and oxygen atoms in total. The summed E-state index contributed by atoms with van der Waals surface area (Å²) in [6.45, 7) is 6.19. The number of amides is 1. The van der Waals surface area contributed by atoms with Gasteiger partial charge in [-0.3, -0.25) is 24.6 Å². The fourth-order valence-electron chi connectivity index (χ4n) is 5.47. The number of allylic oxidation sites excluding steroid dienone is 6. The number of aliphatic hydroxyl groups is 1. The van der Waals surface area contributed by atoms with Crippen LogP contribution in [0.3, 0.4) is 0 Å². The Labute approximate surface area is 265 Å². The normalized spacial score (nSPS) is 20.6. The third-order valence-corrected chi connectivity index (χ3v) is 11.7. The smallest absolute Gasteiger partial charge is 0.296 e. The third kappa shape index (κ3) is 6.01. The van der Waals surface area contributed by atoms with E-state index >= 15 is 0 Å². The lowest BCUT2D eigenvalue weighted by Crippen LogP contribution is -2.31. The molecule has 1 aromatic carbocycles. The summed E-state index contributed by atoms with van der Waals surface area (Å²) in [5, 5.41) is 21.2. The van der Waals surface area contributed by atoms with E-state index < -0.39 is 43.5 Å². The van der Waals surface area contributed by atoms with Gasteiger partial charge in [-0.25, -0.2) is 13.4 Å². The second-order valence-electron chi connectivity index (χ2n) is 12.3. The van der Waals surface area contributed by atoms with E-state index in [1.807, 2.05) is 37.2 Å². The summed E-state index contributed by atoms with van der Waals surface area (Å²) < 4.78 is 26.8. The predicted molar refractivity (Wildman–Crippen MR) is 171 cm³/mol. The van der Waals surface area contributed by atoms with Crippen molar-refractivity contribution in [3.05, 3.63) is 110 Å². The standard InChI is InChI=1S/C32H34N4O7S2/c1-32(2,3)21-10-6-19(7-11-21)27-26(28(37)20-8-12-22(13-9-20)34(4)5)29(38)30(39)35(27)31-33-18-25(44-31)45(42,43)24-16-14-23(15-17-24)36(40)41/h6-8,10-12,14-16,18,24,27,38H,9,13,17H2,1-5H3. The highest BCUT2D eigenvalue weighted by Crippen LogP contribution is 2.45. The molecule has 3 aliphatic rings. The van der Waals surface area contributed by atoms with Crippen LogP contribution in [0.2, 0.25) is 0 Å². The van der Waals surface area contributed by atoms with Crippen LogP contribution in [0.1, 0.15) is 57.2 Å². The molecule has 1 N–H and O–H groups in total. The van der Waals surface area contributed by atoms with Crippen molar-refractivity contribution in [2.45, 2.75) is 60.9 Å². The SMILES string of the molecule is CN(C)C1=CC=C(C(=O)C2=C(O)C(=O)N(c3ncc(S(=O)(=O)C4C=CC([N+](=O)[O-])=CC4)s3)C2c2ccc(C(C)(C)C)cc2)CC1. The van der Waals surface area contributed by atoms with E-state index in [4.69, 9.17) is 0 Å². The molecule has 0 saturated carbocycles. The number of carbonyl (C=O) groups is 2. The molecule has 13 heteroatoms. The van der Waals surface area contributed by atoms with Crippen LogP contribution in [0.4, 0.5) is 5.13 Å². The first kappa shape index (κ1) is 32.0. The molecule has 1 amide bonds. The summed E-state index contributed by atoms with van der Waals surface area (Å²) in [6, 6.07) is 6.35. The monoisotopic (exact) mass is 650 g/mol. The Morgan fingerprint density at radius 1 is 1.16 bits per heavy atom. The first-order valence-corrected chi connectivity index (χ1v) is 16.7. The topological polar surface area (TPSA) is 151 Å². The Balaban J connectivity index is 1.55. The zero-order chi connectivity index (χ0) is 32.8. The third-order valence-electron chi connectivity index (χ3n) is 8.15. The molecule has 2 unspecified atom stereocenters. The van der Waals surface area contributed by atoms with Gasteiger partial charge < -0.3 is 10.0 Å². The van der Waals surface area contributed by atoms with Crippen molar-refractivity contribution < 1.29 is 28.0 Å². The molecule has 2 atom stereocenters. The van der Waals surface area contributed by atoms with Gasteiger partial charge in [-0.2, -0.15) is 0 Å². The van der Waals surface area contributed by atoms with Gasteiger partial charge in [0.1, 0.15) is 4.21 Å². The molecular weight excluding hydrogens is 617 g/mol. The number of hydrogen-bond donors (Lipinski definition) is 1. The number of aliphatic hydroxyl groups excluding tert-OH is 1. The Hall–Kier alpha value is -4.36. The van der Waals surface area contributed by atoms with Crippen molar-refractivity contribution >= 4 is 38.0 Å². The largest absolute Gasteiger partial charge is 0.503 e. The highest BCUT2D eigenvalue weighted by atomic mass is 32.2. The van der Waals surface area contributed by atoms with E-state index in [-0.39, 0.29) is 32.4 Å². The van der Waals surface area contributed by atoms with Crippen molar-refractivity contribution in [1.29, 1.82) is 0 Å². The lowest BCUT2D eigenvalue weighted by atomic mass is 9.84. The van der Waals surface area contributed by atoms with E-state index in [1.54, 1.807) is 18.2 Å². The lowest BCUT2D eigenvalue weighted by molar-refractivity contribution is -0.419. The predicted octanol–water partition coefficient (Wildman–Crippen LogP) is 5.34. The van der Waals surface area contributed by atoms with Crippen LogP contribution in [-0.2, 0) is 24.8 Å². The zero-order valence-corrected chi connectivity index (χ0v) is 27.2. The number of ketones is 1. The molecule has 0 spiro atoms. The highest BCUT2D eigenvalue weighted by Gasteiger charge is 2.46. The highest BCUT2D eigenvalue weighted by molar-refractivity contribution is 7.94. The average Bonchev–Trinajstić information content (AvgIpc) is 3.60. The summed E-state index contributed by atoms with van der Waals surface area (Å²) in [6.07, 6.45) is 9.31. The van der Waals surface area contributed by atoms with Gasteiger partial charge >= 0.3 is 0 Å². The van der Waals surface area contributed by atoms with Crippen molar-refractivity contribution in [3.8, 4) is 0 Å². The molecule has 0 saturated heterocycles. The minimum absolute atomic E-state index is 0.00783. The first-order chi connectivity index (χ1) is 21.1. The quantitative estimate of drug-likeness (QED) is 0.295. The molecule has 2 heterocycles. The van der Waals surface area contributed by atoms with Gasteiger partial charge in [-0.15, -0.1) is 0 Å². The molecule has 2 aliphatic carbocycles. The van der Waals surface area contributed by atoms with Crippen molar-refractivity contribution in [2.24, 2.45) is 0 Å².